The van der Waals surface area contributed by atoms with E-state index in [1.807, 2.05) is 18.5 Å². The van der Waals surface area contributed by atoms with E-state index >= 15 is 0 Å². The van der Waals surface area contributed by atoms with Gasteiger partial charge < -0.3 is 0 Å². The van der Waals surface area contributed by atoms with Gasteiger partial charge in [0.25, 0.3) is 0 Å². The highest BCUT2D eigenvalue weighted by molar-refractivity contribution is 9.09. The topological polar surface area (TPSA) is 12.9 Å². The second-order valence-corrected chi connectivity index (χ2v) is 6.84. The molecule has 0 saturated heterocycles. The molecule has 1 heterocycles. The van der Waals surface area contributed by atoms with Crippen molar-refractivity contribution in [3.8, 4) is 0 Å². The van der Waals surface area contributed by atoms with Gasteiger partial charge in [0, 0.05) is 17.7 Å². The number of rotatable bonds is 14. The van der Waals surface area contributed by atoms with Gasteiger partial charge in [-0.1, -0.05) is 86.2 Å². The Hall–Kier alpha value is 0.110. The summed E-state index contributed by atoms with van der Waals surface area (Å²) in [4.78, 5) is 4.16. The molecule has 0 amide bonds. The number of unbranched alkanes of at least 4 members (excludes halogenated alkanes) is 11. The van der Waals surface area contributed by atoms with Crippen LogP contribution in [0.5, 0.6) is 0 Å². The van der Waals surface area contributed by atoms with Crippen LogP contribution in [0.25, 0.3) is 0 Å². The highest BCUT2D eigenvalue weighted by Gasteiger charge is 1.95. The van der Waals surface area contributed by atoms with Crippen molar-refractivity contribution in [3.63, 3.8) is 0 Å². The van der Waals surface area contributed by atoms with Gasteiger partial charge in [0.05, 0.1) is 0 Å². The minimum atomic E-state index is 0. The second-order valence-electron chi connectivity index (χ2n) is 6.04. The van der Waals surface area contributed by atoms with Crippen LogP contribution >= 0.6 is 32.9 Å². The van der Waals surface area contributed by atoms with Crippen molar-refractivity contribution >= 4 is 32.9 Å². The van der Waals surface area contributed by atoms with Gasteiger partial charge in [-0.05, 0) is 30.9 Å². The molecule has 0 atom stereocenters. The van der Waals surface area contributed by atoms with E-state index in [1.54, 1.807) is 0 Å². The van der Waals surface area contributed by atoms with E-state index in [1.165, 1.54) is 94.4 Å². The van der Waals surface area contributed by atoms with Crippen LogP contribution in [0.1, 0.15) is 82.6 Å². The predicted molar refractivity (Wildman–Crippen MR) is 107 cm³/mol. The van der Waals surface area contributed by atoms with Crippen LogP contribution in [0.4, 0.5) is 0 Å². The van der Waals surface area contributed by atoms with E-state index in [-0.39, 0.29) is 17.0 Å². The standard InChI is InChI=1S/C19H32BrN.BrH/c20-16-12-10-8-6-4-2-1-3-5-7-9-11-14-19-15-13-17-21-18-19;/h13,15,17-18H,1-12,14,16H2;1H. The Labute approximate surface area is 156 Å². The van der Waals surface area contributed by atoms with Gasteiger partial charge in [-0.3, -0.25) is 4.98 Å². The number of hydrogen-bond acceptors (Lipinski definition) is 1. The number of halogens is 2. The molecule has 0 aromatic carbocycles. The van der Waals surface area contributed by atoms with Crippen molar-refractivity contribution in [3.05, 3.63) is 30.1 Å². The molecule has 22 heavy (non-hydrogen) atoms. The summed E-state index contributed by atoms with van der Waals surface area (Å²) in [6, 6.07) is 4.22. The van der Waals surface area contributed by atoms with Gasteiger partial charge >= 0.3 is 0 Å². The molecule has 0 radical (unpaired) electrons. The molecule has 1 nitrogen and oxygen atoms in total. The van der Waals surface area contributed by atoms with Crippen LogP contribution < -0.4 is 0 Å². The zero-order valence-electron chi connectivity index (χ0n) is 13.9. The van der Waals surface area contributed by atoms with Crippen molar-refractivity contribution in [1.82, 2.24) is 4.98 Å². The van der Waals surface area contributed by atoms with Gasteiger partial charge in [0.15, 0.2) is 0 Å². The third-order valence-electron chi connectivity index (χ3n) is 4.07. The van der Waals surface area contributed by atoms with Gasteiger partial charge in [-0.25, -0.2) is 0 Å². The van der Waals surface area contributed by atoms with Crippen molar-refractivity contribution in [1.29, 1.82) is 0 Å². The van der Waals surface area contributed by atoms with E-state index in [2.05, 4.69) is 27.0 Å². The molecule has 0 aliphatic heterocycles. The largest absolute Gasteiger partial charge is 0.264 e. The van der Waals surface area contributed by atoms with Gasteiger partial charge in [0.1, 0.15) is 0 Å². The van der Waals surface area contributed by atoms with Crippen LogP contribution in [0.15, 0.2) is 24.5 Å². The van der Waals surface area contributed by atoms with Crippen molar-refractivity contribution in [2.24, 2.45) is 0 Å². The van der Waals surface area contributed by atoms with Crippen LogP contribution in [-0.2, 0) is 6.42 Å². The third kappa shape index (κ3) is 13.8. The lowest BCUT2D eigenvalue weighted by molar-refractivity contribution is 0.544. The average molecular weight is 435 g/mol. The second kappa shape index (κ2) is 17.5. The minimum Gasteiger partial charge on any atom is -0.264 e. The van der Waals surface area contributed by atoms with Gasteiger partial charge in [0.2, 0.25) is 0 Å². The molecule has 0 N–H and O–H groups in total. The van der Waals surface area contributed by atoms with E-state index in [9.17, 15) is 0 Å². The van der Waals surface area contributed by atoms with E-state index in [0.717, 1.165) is 0 Å². The fraction of sp³-hybridized carbons (Fsp3) is 0.737. The van der Waals surface area contributed by atoms with Gasteiger partial charge in [-0.2, -0.15) is 0 Å². The number of aryl methyl sites for hydroxylation is 1. The lowest BCUT2D eigenvalue weighted by Gasteiger charge is -2.03. The van der Waals surface area contributed by atoms with Crippen molar-refractivity contribution in [2.75, 3.05) is 5.33 Å². The highest BCUT2D eigenvalue weighted by Crippen LogP contribution is 2.13. The summed E-state index contributed by atoms with van der Waals surface area (Å²) in [6.07, 6.45) is 22.0. The molecule has 1 aromatic rings. The first-order chi connectivity index (χ1) is 10.4. The molecule has 0 bridgehead atoms. The fourth-order valence-electron chi connectivity index (χ4n) is 2.74. The molecular formula is C19H33Br2N. The molecule has 0 spiro atoms. The molecule has 3 heteroatoms. The normalized spacial score (nSPS) is 10.4. The van der Waals surface area contributed by atoms with Crippen molar-refractivity contribution in [2.45, 2.75) is 83.5 Å². The summed E-state index contributed by atoms with van der Waals surface area (Å²) in [5.41, 5.74) is 1.39. The number of hydrogen-bond donors (Lipinski definition) is 0. The van der Waals surface area contributed by atoms with E-state index in [4.69, 9.17) is 0 Å². The molecule has 0 unspecified atom stereocenters. The van der Waals surface area contributed by atoms with Gasteiger partial charge in [-0.15, -0.1) is 17.0 Å². The van der Waals surface area contributed by atoms with E-state index in [0.29, 0.717) is 0 Å². The maximum atomic E-state index is 4.16. The quantitative estimate of drug-likeness (QED) is 0.221. The van der Waals surface area contributed by atoms with E-state index < -0.39 is 0 Å². The van der Waals surface area contributed by atoms with Crippen LogP contribution in [-0.4, -0.2) is 10.3 Å². The molecular weight excluding hydrogens is 402 g/mol. The molecule has 1 rings (SSSR count). The first-order valence-corrected chi connectivity index (χ1v) is 10.0. The van der Waals surface area contributed by atoms with Crippen LogP contribution in [0, 0.1) is 0 Å². The molecule has 128 valence electrons. The maximum absolute atomic E-state index is 4.16. The SMILES string of the molecule is Br.BrCCCCCCCCCCCCCCc1cccnc1. The monoisotopic (exact) mass is 433 g/mol. The summed E-state index contributed by atoms with van der Waals surface area (Å²) in [5, 5.41) is 1.17. The highest BCUT2D eigenvalue weighted by atomic mass is 79.9. The molecule has 0 aliphatic carbocycles. The van der Waals surface area contributed by atoms with Crippen LogP contribution in [0.3, 0.4) is 0 Å². The van der Waals surface area contributed by atoms with Crippen LogP contribution in [0.2, 0.25) is 0 Å². The number of nitrogens with zero attached hydrogens (tertiary/aromatic N) is 1. The Morgan fingerprint density at radius 3 is 1.68 bits per heavy atom. The lowest BCUT2D eigenvalue weighted by atomic mass is 10.0. The number of alkyl halides is 1. The summed E-state index contributed by atoms with van der Waals surface area (Å²) in [6.45, 7) is 0. The maximum Gasteiger partial charge on any atom is 0.0299 e. The molecule has 1 aromatic heterocycles. The summed E-state index contributed by atoms with van der Waals surface area (Å²) in [7, 11) is 0. The zero-order valence-corrected chi connectivity index (χ0v) is 17.2. The Kier molecular flexibility index (Phi) is 17.6. The molecule has 0 aliphatic rings. The minimum absolute atomic E-state index is 0. The summed E-state index contributed by atoms with van der Waals surface area (Å²) in [5.74, 6) is 0. The lowest BCUT2D eigenvalue weighted by Crippen LogP contribution is -1.87. The predicted octanol–water partition coefficient (Wildman–Crippen LogP) is 7.28. The number of aromatic nitrogens is 1. The van der Waals surface area contributed by atoms with Crippen molar-refractivity contribution < 1.29 is 0 Å². The first kappa shape index (κ1) is 22.1. The molecule has 0 fully saturated rings. The number of pyridine rings is 1. The third-order valence-corrected chi connectivity index (χ3v) is 4.63. The smallest absolute Gasteiger partial charge is 0.0299 e. The molecule has 0 saturated carbocycles. The Balaban J connectivity index is 0.00000441. The Morgan fingerprint density at radius 2 is 1.23 bits per heavy atom. The average Bonchev–Trinajstić information content (AvgIpc) is 2.53. The Morgan fingerprint density at radius 1 is 0.727 bits per heavy atom. The Bertz CT molecular complexity index is 316. The zero-order chi connectivity index (χ0) is 15.0. The first-order valence-electron chi connectivity index (χ1n) is 8.88. The summed E-state index contributed by atoms with van der Waals surface area (Å²) < 4.78 is 0. The summed E-state index contributed by atoms with van der Waals surface area (Å²) >= 11 is 3.49. The fourth-order valence-corrected chi connectivity index (χ4v) is 3.13.